The van der Waals surface area contributed by atoms with Crippen molar-refractivity contribution in [1.29, 1.82) is 0 Å². The second kappa shape index (κ2) is 8.22. The number of phenolic OH excluding ortho intramolecular Hbond substituents is 1. The number of ketones is 1. The average molecular weight is 387 g/mol. The van der Waals surface area contributed by atoms with Gasteiger partial charge >= 0.3 is 0 Å². The van der Waals surface area contributed by atoms with Crippen LogP contribution in [0, 0.1) is 0 Å². The van der Waals surface area contributed by atoms with Crippen molar-refractivity contribution in [1.82, 2.24) is 10.9 Å². The molecule has 6 nitrogen and oxygen atoms in total. The molecule has 7 heteroatoms. The molecular weight excluding hydrogens is 368 g/mol. The van der Waals surface area contributed by atoms with Crippen LogP contribution in [0.25, 0.3) is 0 Å². The number of hydrogen-bond donors (Lipinski definition) is 3. The third kappa shape index (κ3) is 4.65. The zero-order chi connectivity index (χ0) is 19.4. The highest BCUT2D eigenvalue weighted by Gasteiger charge is 2.16. The molecule has 0 fully saturated rings. The molecule has 0 aromatic heterocycles. The maximum atomic E-state index is 12.3. The van der Waals surface area contributed by atoms with Gasteiger partial charge in [0.2, 0.25) is 5.91 Å². The molecule has 1 aliphatic carbocycles. The molecule has 1 aliphatic rings. The second-order valence-electron chi connectivity index (χ2n) is 6.42. The van der Waals surface area contributed by atoms with Crippen molar-refractivity contribution in [2.75, 3.05) is 0 Å². The van der Waals surface area contributed by atoms with Crippen molar-refractivity contribution < 1.29 is 19.5 Å². The van der Waals surface area contributed by atoms with E-state index in [1.807, 2.05) is 12.1 Å². The maximum Gasteiger partial charge on any atom is 0.273 e. The summed E-state index contributed by atoms with van der Waals surface area (Å²) in [7, 11) is 0. The van der Waals surface area contributed by atoms with Crippen LogP contribution in [0.1, 0.15) is 51.1 Å². The molecule has 0 radical (unpaired) electrons. The summed E-state index contributed by atoms with van der Waals surface area (Å²) >= 11 is 5.79. The summed E-state index contributed by atoms with van der Waals surface area (Å²) < 4.78 is 0. The number of aryl methyl sites for hydroxylation is 2. The first-order valence-corrected chi connectivity index (χ1v) is 9.04. The van der Waals surface area contributed by atoms with Crippen molar-refractivity contribution in [3.8, 4) is 5.75 Å². The number of phenols is 1. The number of rotatable bonds is 5. The van der Waals surface area contributed by atoms with E-state index in [0.29, 0.717) is 5.56 Å². The summed E-state index contributed by atoms with van der Waals surface area (Å²) in [5.74, 6) is -1.57. The van der Waals surface area contributed by atoms with E-state index in [1.54, 1.807) is 6.07 Å². The van der Waals surface area contributed by atoms with Crippen molar-refractivity contribution in [2.45, 2.75) is 32.1 Å². The quantitative estimate of drug-likeness (QED) is 0.543. The number of carbonyl (C=O) groups is 3. The van der Waals surface area contributed by atoms with Gasteiger partial charge in [0.05, 0.1) is 5.56 Å². The van der Waals surface area contributed by atoms with Crippen molar-refractivity contribution in [2.24, 2.45) is 0 Å². The molecule has 0 unspecified atom stereocenters. The van der Waals surface area contributed by atoms with Gasteiger partial charge in [0.25, 0.3) is 5.91 Å². The van der Waals surface area contributed by atoms with Crippen LogP contribution in [0.15, 0.2) is 36.4 Å². The molecule has 0 atom stereocenters. The number of nitrogens with one attached hydrogen (secondary N) is 2. The zero-order valence-electron chi connectivity index (χ0n) is 14.5. The summed E-state index contributed by atoms with van der Waals surface area (Å²) in [6.45, 7) is 0. The Balaban J connectivity index is 1.49. The topological polar surface area (TPSA) is 95.5 Å². The molecule has 2 aromatic carbocycles. The molecule has 0 bridgehead atoms. The van der Waals surface area contributed by atoms with Gasteiger partial charge in [-0.2, -0.15) is 0 Å². The molecule has 0 saturated carbocycles. The highest BCUT2D eigenvalue weighted by Crippen LogP contribution is 2.23. The van der Waals surface area contributed by atoms with Gasteiger partial charge < -0.3 is 5.11 Å². The van der Waals surface area contributed by atoms with Crippen LogP contribution in [-0.4, -0.2) is 22.7 Å². The Morgan fingerprint density at radius 2 is 1.74 bits per heavy atom. The molecule has 0 aliphatic heterocycles. The number of Topliss-reactive ketones (excluding diaryl/α,β-unsaturated/α-hetero) is 1. The lowest BCUT2D eigenvalue weighted by molar-refractivity contribution is -0.121. The van der Waals surface area contributed by atoms with E-state index >= 15 is 0 Å². The minimum atomic E-state index is -0.701. The molecule has 3 N–H and O–H groups in total. The summed E-state index contributed by atoms with van der Waals surface area (Å²) in [5, 5.41) is 9.94. The molecule has 0 spiro atoms. The molecule has 0 heterocycles. The molecule has 2 amide bonds. The molecule has 27 heavy (non-hydrogen) atoms. The Labute approximate surface area is 161 Å². The number of hydrogen-bond acceptors (Lipinski definition) is 4. The Morgan fingerprint density at radius 3 is 2.56 bits per heavy atom. The Morgan fingerprint density at radius 1 is 0.963 bits per heavy atom. The lowest BCUT2D eigenvalue weighted by Crippen LogP contribution is -2.41. The number of benzene rings is 2. The number of hydrazine groups is 1. The van der Waals surface area contributed by atoms with Crippen LogP contribution >= 0.6 is 11.6 Å². The van der Waals surface area contributed by atoms with Gasteiger partial charge in [-0.3, -0.25) is 25.2 Å². The first-order chi connectivity index (χ1) is 12.9. The van der Waals surface area contributed by atoms with Crippen molar-refractivity contribution >= 4 is 29.2 Å². The summed E-state index contributed by atoms with van der Waals surface area (Å²) in [4.78, 5) is 36.1. The Hall–Kier alpha value is -2.86. The van der Waals surface area contributed by atoms with Gasteiger partial charge in [-0.1, -0.05) is 23.7 Å². The summed E-state index contributed by atoms with van der Waals surface area (Å²) in [6.07, 6.45) is 3.13. The van der Waals surface area contributed by atoms with E-state index in [-0.39, 0.29) is 35.0 Å². The van der Waals surface area contributed by atoms with Crippen LogP contribution in [0.4, 0.5) is 0 Å². The van der Waals surface area contributed by atoms with Gasteiger partial charge in [-0.05, 0) is 54.7 Å². The van der Waals surface area contributed by atoms with Crippen LogP contribution in [0.2, 0.25) is 5.02 Å². The summed E-state index contributed by atoms with van der Waals surface area (Å²) in [5.41, 5.74) is 7.47. The zero-order valence-corrected chi connectivity index (χ0v) is 15.3. The number of halogens is 1. The van der Waals surface area contributed by atoms with E-state index < -0.39 is 11.8 Å². The fraction of sp³-hybridized carbons (Fsp3) is 0.250. The lowest BCUT2D eigenvalue weighted by Gasteiger charge is -2.09. The normalized spacial score (nSPS) is 12.3. The van der Waals surface area contributed by atoms with Crippen LogP contribution < -0.4 is 10.9 Å². The monoisotopic (exact) mass is 386 g/mol. The molecule has 140 valence electrons. The van der Waals surface area contributed by atoms with Crippen LogP contribution in [0.3, 0.4) is 0 Å². The number of aromatic hydroxyl groups is 1. The molecule has 0 saturated heterocycles. The fourth-order valence-electron chi connectivity index (χ4n) is 3.06. The number of carbonyl (C=O) groups excluding carboxylic acids is 3. The fourth-order valence-corrected chi connectivity index (χ4v) is 3.24. The van der Waals surface area contributed by atoms with Gasteiger partial charge in [-0.15, -0.1) is 0 Å². The highest BCUT2D eigenvalue weighted by molar-refractivity contribution is 6.31. The maximum absolute atomic E-state index is 12.3. The second-order valence-corrected chi connectivity index (χ2v) is 6.86. The highest BCUT2D eigenvalue weighted by atomic mass is 35.5. The van der Waals surface area contributed by atoms with E-state index in [0.717, 1.165) is 19.3 Å². The predicted octanol–water partition coefficient (Wildman–Crippen LogP) is 2.96. The molecular formula is C20H19ClN2O4. The number of fused-ring (bicyclic) bond motifs is 1. The molecule has 2 aromatic rings. The third-order valence-corrected chi connectivity index (χ3v) is 4.75. The third-order valence-electron chi connectivity index (χ3n) is 4.52. The summed E-state index contributed by atoms with van der Waals surface area (Å²) in [6, 6.07) is 9.70. The van der Waals surface area contributed by atoms with E-state index in [2.05, 4.69) is 10.9 Å². The van der Waals surface area contributed by atoms with E-state index in [9.17, 15) is 19.5 Å². The van der Waals surface area contributed by atoms with E-state index in [4.69, 9.17) is 11.6 Å². The smallest absolute Gasteiger partial charge is 0.273 e. The largest absolute Gasteiger partial charge is 0.507 e. The van der Waals surface area contributed by atoms with Crippen molar-refractivity contribution in [3.63, 3.8) is 0 Å². The Kier molecular flexibility index (Phi) is 5.76. The van der Waals surface area contributed by atoms with Gasteiger partial charge in [0.15, 0.2) is 5.78 Å². The standard InChI is InChI=1S/C20H19ClN2O4/c21-15-6-7-18(25)16(11-15)20(27)23-22-19(26)9-8-17(24)14-5-4-12-2-1-3-13(12)10-14/h4-7,10-11,25H,1-3,8-9H2,(H,22,26)(H,23,27). The first-order valence-electron chi connectivity index (χ1n) is 8.67. The lowest BCUT2D eigenvalue weighted by atomic mass is 10.0. The Bertz CT molecular complexity index is 911. The molecule has 3 rings (SSSR count). The number of amides is 2. The van der Waals surface area contributed by atoms with Gasteiger partial charge in [0.1, 0.15) is 5.75 Å². The predicted molar refractivity (Wildman–Crippen MR) is 101 cm³/mol. The SMILES string of the molecule is O=C(CCC(=O)c1ccc2c(c1)CCC2)NNC(=O)c1cc(Cl)ccc1O. The van der Waals surface area contributed by atoms with Crippen LogP contribution in [0.5, 0.6) is 5.75 Å². The average Bonchev–Trinajstić information content (AvgIpc) is 3.13. The van der Waals surface area contributed by atoms with Crippen molar-refractivity contribution in [3.05, 3.63) is 63.7 Å². The minimum absolute atomic E-state index is 0.0445. The first kappa shape index (κ1) is 18.9. The minimum Gasteiger partial charge on any atom is -0.507 e. The van der Waals surface area contributed by atoms with Crippen LogP contribution in [-0.2, 0) is 17.6 Å². The van der Waals surface area contributed by atoms with Gasteiger partial charge in [-0.25, -0.2) is 0 Å². The van der Waals surface area contributed by atoms with Gasteiger partial charge in [0, 0.05) is 23.4 Å². The van der Waals surface area contributed by atoms with E-state index in [1.165, 1.54) is 29.3 Å².